The van der Waals surface area contributed by atoms with E-state index in [9.17, 15) is 23.3 Å². The Kier molecular flexibility index (Phi) is 4.91. The lowest BCUT2D eigenvalue weighted by molar-refractivity contribution is -0.385. The average Bonchev–Trinajstić information content (AvgIpc) is 3.17. The summed E-state index contributed by atoms with van der Waals surface area (Å²) >= 11 is 1.14. The van der Waals surface area contributed by atoms with Crippen LogP contribution in [0.2, 0.25) is 0 Å². The van der Waals surface area contributed by atoms with Crippen LogP contribution in [0.1, 0.15) is 44.7 Å². The highest BCUT2D eigenvalue weighted by Crippen LogP contribution is 2.54. The molecule has 0 aromatic heterocycles. The Morgan fingerprint density at radius 2 is 1.77 bits per heavy atom. The number of halogens is 3. The highest BCUT2D eigenvalue weighted by atomic mass is 32.2. The predicted octanol–water partition coefficient (Wildman–Crippen LogP) is 6.72. The van der Waals surface area contributed by atoms with E-state index < -0.39 is 27.8 Å². The van der Waals surface area contributed by atoms with Crippen LogP contribution in [0, 0.1) is 10.1 Å². The van der Waals surface area contributed by atoms with Gasteiger partial charge in [0.2, 0.25) is 0 Å². The maximum atomic E-state index is 13.9. The zero-order valence-electron chi connectivity index (χ0n) is 16.9. The smallest absolute Gasteiger partial charge is 0.372 e. The number of hydrogen-bond acceptors (Lipinski definition) is 5. The van der Waals surface area contributed by atoms with Crippen molar-refractivity contribution in [1.82, 2.24) is 0 Å². The molecular weight excluding hydrogens is 415 g/mol. The minimum atomic E-state index is -4.69. The third kappa shape index (κ3) is 3.59. The summed E-state index contributed by atoms with van der Waals surface area (Å²) < 4.78 is 41.7. The van der Waals surface area contributed by atoms with Crippen molar-refractivity contribution in [3.05, 3.63) is 45.5 Å². The van der Waals surface area contributed by atoms with Gasteiger partial charge in [-0.2, -0.15) is 13.2 Å². The lowest BCUT2D eigenvalue weighted by Gasteiger charge is -2.29. The summed E-state index contributed by atoms with van der Waals surface area (Å²) in [6.07, 6.45) is -2.47. The fourth-order valence-electron chi connectivity index (χ4n) is 4.14. The summed E-state index contributed by atoms with van der Waals surface area (Å²) in [7, 11) is 0. The van der Waals surface area contributed by atoms with Crippen molar-refractivity contribution in [3.8, 4) is 0 Å². The van der Waals surface area contributed by atoms with Gasteiger partial charge in [0.05, 0.1) is 16.2 Å². The zero-order valence-corrected chi connectivity index (χ0v) is 17.7. The van der Waals surface area contributed by atoms with Crippen LogP contribution >= 0.6 is 11.8 Å². The van der Waals surface area contributed by atoms with Gasteiger partial charge in [-0.3, -0.25) is 10.1 Å². The second-order valence-corrected chi connectivity index (χ2v) is 9.71. The third-order valence-electron chi connectivity index (χ3n) is 5.42. The Bertz CT molecular complexity index is 1030. The maximum absolute atomic E-state index is 13.9. The first-order valence-electron chi connectivity index (χ1n) is 9.74. The number of alkyl halides is 3. The number of fused-ring (bicyclic) bond motifs is 2. The van der Waals surface area contributed by atoms with Gasteiger partial charge >= 0.3 is 6.18 Å². The molecule has 4 rings (SSSR count). The number of benzene rings is 2. The first-order chi connectivity index (χ1) is 14.0. The molecule has 2 heterocycles. The van der Waals surface area contributed by atoms with E-state index in [1.54, 1.807) is 20.8 Å². The van der Waals surface area contributed by atoms with Crippen molar-refractivity contribution in [2.24, 2.45) is 0 Å². The topological polar surface area (TPSA) is 58.4 Å². The zero-order chi connectivity index (χ0) is 21.8. The molecule has 0 spiro atoms. The molecule has 2 aliphatic rings. The molecule has 9 heteroatoms. The first kappa shape index (κ1) is 20.8. The predicted molar refractivity (Wildman–Crippen MR) is 112 cm³/mol. The van der Waals surface area contributed by atoms with Gasteiger partial charge in [-0.1, -0.05) is 32.5 Å². The van der Waals surface area contributed by atoms with Crippen LogP contribution < -0.4 is 10.2 Å². The van der Waals surface area contributed by atoms with Gasteiger partial charge < -0.3 is 10.2 Å². The van der Waals surface area contributed by atoms with Gasteiger partial charge in [0, 0.05) is 34.1 Å². The Balaban J connectivity index is 1.88. The first-order valence-corrected chi connectivity index (χ1v) is 10.6. The van der Waals surface area contributed by atoms with Crippen LogP contribution in [0.4, 0.5) is 35.9 Å². The number of nitrogens with one attached hydrogen (secondary N) is 1. The number of nitro groups is 1. The number of nitrogens with zero attached hydrogens (tertiary/aromatic N) is 2. The summed E-state index contributed by atoms with van der Waals surface area (Å²) in [5.41, 5.74) is -1.01. The molecule has 1 fully saturated rings. The van der Waals surface area contributed by atoms with Gasteiger partial charge in [0.15, 0.2) is 0 Å². The molecule has 0 saturated carbocycles. The second-order valence-electron chi connectivity index (χ2n) is 8.63. The number of rotatable bonds is 2. The van der Waals surface area contributed by atoms with Crippen molar-refractivity contribution in [2.75, 3.05) is 23.3 Å². The van der Waals surface area contributed by atoms with Crippen molar-refractivity contribution in [2.45, 2.75) is 55.0 Å². The number of hydrogen-bond donors (Lipinski definition) is 1. The summed E-state index contributed by atoms with van der Waals surface area (Å²) in [5.74, 6) is 0. The Morgan fingerprint density at radius 3 is 2.33 bits per heavy atom. The molecule has 30 heavy (non-hydrogen) atoms. The molecule has 0 unspecified atom stereocenters. The highest BCUT2D eigenvalue weighted by Gasteiger charge is 2.44. The van der Waals surface area contributed by atoms with Crippen LogP contribution in [0.15, 0.2) is 34.1 Å². The van der Waals surface area contributed by atoms with E-state index in [1.807, 2.05) is 18.2 Å². The summed E-state index contributed by atoms with van der Waals surface area (Å²) in [5, 5.41) is 15.0. The fraction of sp³-hybridized carbons (Fsp3) is 0.429. The van der Waals surface area contributed by atoms with Gasteiger partial charge in [0.25, 0.3) is 5.69 Å². The highest BCUT2D eigenvalue weighted by molar-refractivity contribution is 7.99. The van der Waals surface area contributed by atoms with Crippen LogP contribution in [0.3, 0.4) is 0 Å². The van der Waals surface area contributed by atoms with E-state index in [1.165, 1.54) is 0 Å². The summed E-state index contributed by atoms with van der Waals surface area (Å²) in [4.78, 5) is 14.5. The minimum Gasteiger partial charge on any atom is -0.372 e. The van der Waals surface area contributed by atoms with Gasteiger partial charge in [-0.15, -0.1) is 0 Å². The summed E-state index contributed by atoms with van der Waals surface area (Å²) in [6, 6.07) is 6.78. The van der Waals surface area contributed by atoms with Crippen molar-refractivity contribution in [3.63, 3.8) is 0 Å². The molecular formula is C21H22F3N3O2S. The normalized spacial score (nSPS) is 16.1. The van der Waals surface area contributed by atoms with Crippen LogP contribution in [-0.2, 0) is 11.6 Å². The van der Waals surface area contributed by atoms with Crippen LogP contribution in [0.25, 0.3) is 0 Å². The lowest BCUT2D eigenvalue weighted by atomic mass is 9.81. The van der Waals surface area contributed by atoms with Crippen molar-refractivity contribution < 1.29 is 18.1 Å². The molecule has 2 aromatic carbocycles. The van der Waals surface area contributed by atoms with E-state index in [0.29, 0.717) is 5.69 Å². The monoisotopic (exact) mass is 437 g/mol. The molecule has 2 aromatic rings. The molecule has 0 bridgehead atoms. The molecule has 1 saturated heterocycles. The van der Waals surface area contributed by atoms with E-state index in [0.717, 1.165) is 54.3 Å². The molecule has 0 aliphatic carbocycles. The molecule has 2 aliphatic heterocycles. The van der Waals surface area contributed by atoms with Gasteiger partial charge in [-0.05, 0) is 42.5 Å². The number of anilines is 3. The van der Waals surface area contributed by atoms with Gasteiger partial charge in [-0.25, -0.2) is 0 Å². The van der Waals surface area contributed by atoms with E-state index in [4.69, 9.17) is 0 Å². The largest absolute Gasteiger partial charge is 0.416 e. The SMILES string of the molecule is CC(C)(C)c1c(C(F)(F)F)cc2c(c1[N+](=O)[O-])Nc1ccc(N3CCCC3)cc1S2. The van der Waals surface area contributed by atoms with E-state index >= 15 is 0 Å². The molecule has 160 valence electrons. The minimum absolute atomic E-state index is 0.129. The second kappa shape index (κ2) is 7.08. The quantitative estimate of drug-likeness (QED) is 0.356. The number of nitro benzene ring substituents is 1. The van der Waals surface area contributed by atoms with Crippen LogP contribution in [0.5, 0.6) is 0 Å². The maximum Gasteiger partial charge on any atom is 0.416 e. The van der Waals surface area contributed by atoms with Crippen LogP contribution in [-0.4, -0.2) is 18.0 Å². The van der Waals surface area contributed by atoms with E-state index in [2.05, 4.69) is 10.2 Å². The Hall–Kier alpha value is -2.42. The van der Waals surface area contributed by atoms with Gasteiger partial charge in [0.1, 0.15) is 5.69 Å². The standard InChI is InChI=1S/C21H22F3N3O2S/c1-20(2,3)17-13(21(22,23)24)11-16-18(19(17)27(28)29)25-14-7-6-12(10-15(14)30-16)26-8-4-5-9-26/h6-7,10-11,25H,4-5,8-9H2,1-3H3. The van der Waals surface area contributed by atoms with Crippen molar-refractivity contribution >= 4 is 34.5 Å². The average molecular weight is 437 g/mol. The molecule has 1 N–H and O–H groups in total. The Labute approximate surface area is 176 Å². The summed E-state index contributed by atoms with van der Waals surface area (Å²) in [6.45, 7) is 6.58. The molecule has 0 atom stereocenters. The van der Waals surface area contributed by atoms with Crippen molar-refractivity contribution in [1.29, 1.82) is 0 Å². The molecule has 0 amide bonds. The third-order valence-corrected chi connectivity index (χ3v) is 6.52. The van der Waals surface area contributed by atoms with E-state index in [-0.39, 0.29) is 16.1 Å². The molecule has 0 radical (unpaired) electrons. The Morgan fingerprint density at radius 1 is 1.10 bits per heavy atom. The molecule has 5 nitrogen and oxygen atoms in total. The lowest BCUT2D eigenvalue weighted by Crippen LogP contribution is -2.23. The fourth-order valence-corrected chi connectivity index (χ4v) is 5.21.